The summed E-state index contributed by atoms with van der Waals surface area (Å²) in [6.45, 7) is 6.67. The molecule has 2 aromatic carbocycles. The van der Waals surface area contributed by atoms with Gasteiger partial charge in [-0.25, -0.2) is 4.98 Å². The maximum absolute atomic E-state index is 12.6. The first kappa shape index (κ1) is 19.7. The summed E-state index contributed by atoms with van der Waals surface area (Å²) in [4.78, 5) is 21.6. The van der Waals surface area contributed by atoms with E-state index in [1.165, 1.54) is 0 Å². The monoisotopic (exact) mass is 437 g/mol. The summed E-state index contributed by atoms with van der Waals surface area (Å²) in [6.07, 6.45) is 1.60. The Labute approximate surface area is 180 Å². The van der Waals surface area contributed by atoms with Crippen LogP contribution < -0.4 is 10.5 Å². The SMILES string of the molecule is CC(C)n1cnc2cc(N3CCN(C4=NS(=O)(=O)c5ccccc54)CC3)ccc2c1=O. The Morgan fingerprint density at radius 2 is 1.68 bits per heavy atom. The van der Waals surface area contributed by atoms with Gasteiger partial charge in [0.15, 0.2) is 5.84 Å². The van der Waals surface area contributed by atoms with Crippen molar-refractivity contribution in [3.63, 3.8) is 0 Å². The second-order valence-electron chi connectivity index (χ2n) is 8.11. The number of benzene rings is 2. The second-order valence-corrected chi connectivity index (χ2v) is 9.68. The van der Waals surface area contributed by atoms with Crippen molar-refractivity contribution in [3.05, 3.63) is 64.7 Å². The van der Waals surface area contributed by atoms with Crippen LogP contribution in [0.15, 0.2) is 62.9 Å². The van der Waals surface area contributed by atoms with Crippen LogP contribution in [0.3, 0.4) is 0 Å². The van der Waals surface area contributed by atoms with Gasteiger partial charge in [-0.1, -0.05) is 12.1 Å². The molecule has 0 aliphatic carbocycles. The molecule has 0 N–H and O–H groups in total. The van der Waals surface area contributed by atoms with Crippen LogP contribution >= 0.6 is 0 Å². The van der Waals surface area contributed by atoms with Crippen LogP contribution in [0.2, 0.25) is 0 Å². The van der Waals surface area contributed by atoms with Crippen LogP contribution in [-0.4, -0.2) is 54.9 Å². The van der Waals surface area contributed by atoms with E-state index in [0.29, 0.717) is 35.4 Å². The first-order chi connectivity index (χ1) is 14.8. The lowest BCUT2D eigenvalue weighted by atomic mass is 10.1. The molecular weight excluding hydrogens is 414 g/mol. The summed E-state index contributed by atoms with van der Waals surface area (Å²) < 4.78 is 30.4. The Morgan fingerprint density at radius 3 is 2.42 bits per heavy atom. The van der Waals surface area contributed by atoms with Crippen molar-refractivity contribution in [3.8, 4) is 0 Å². The molecule has 2 aliphatic heterocycles. The third-order valence-corrected chi connectivity index (χ3v) is 7.21. The molecule has 0 radical (unpaired) electrons. The molecule has 0 unspecified atom stereocenters. The largest absolute Gasteiger partial charge is 0.368 e. The van der Waals surface area contributed by atoms with Gasteiger partial charge in [-0.05, 0) is 44.2 Å². The third kappa shape index (κ3) is 3.29. The van der Waals surface area contributed by atoms with E-state index in [2.05, 4.69) is 14.3 Å². The third-order valence-electron chi connectivity index (χ3n) is 5.88. The minimum Gasteiger partial charge on any atom is -0.368 e. The standard InChI is InChI=1S/C22H23N5O3S/c1-15(2)27-14-23-19-13-16(7-8-17(19)22(27)28)25-9-11-26(12-10-25)21-18-5-3-4-6-20(18)31(29,30)24-21/h3-8,13-15H,9-12H2,1-2H3. The molecule has 0 saturated carbocycles. The molecule has 0 amide bonds. The molecule has 1 aromatic heterocycles. The van der Waals surface area contributed by atoms with Gasteiger partial charge in [-0.2, -0.15) is 8.42 Å². The predicted molar refractivity (Wildman–Crippen MR) is 120 cm³/mol. The number of rotatable bonds is 2. The molecule has 31 heavy (non-hydrogen) atoms. The maximum atomic E-state index is 12.6. The van der Waals surface area contributed by atoms with Crippen LogP contribution in [0.5, 0.6) is 0 Å². The highest BCUT2D eigenvalue weighted by molar-refractivity contribution is 7.90. The van der Waals surface area contributed by atoms with Crippen molar-refractivity contribution in [2.45, 2.75) is 24.8 Å². The van der Waals surface area contributed by atoms with Gasteiger partial charge in [0.2, 0.25) is 0 Å². The number of hydrogen-bond donors (Lipinski definition) is 0. The van der Waals surface area contributed by atoms with Gasteiger partial charge in [-0.15, -0.1) is 4.40 Å². The number of hydrogen-bond acceptors (Lipinski definition) is 6. The first-order valence-corrected chi connectivity index (χ1v) is 11.7. The lowest BCUT2D eigenvalue weighted by Gasteiger charge is -2.37. The van der Waals surface area contributed by atoms with Crippen LogP contribution in [-0.2, 0) is 10.0 Å². The molecule has 160 valence electrons. The molecule has 5 rings (SSSR count). The number of sulfonamides is 1. The Morgan fingerprint density at radius 1 is 0.968 bits per heavy atom. The van der Waals surface area contributed by atoms with E-state index < -0.39 is 10.0 Å². The van der Waals surface area contributed by atoms with Crippen molar-refractivity contribution in [1.29, 1.82) is 0 Å². The minimum atomic E-state index is -3.62. The highest BCUT2D eigenvalue weighted by Gasteiger charge is 2.33. The van der Waals surface area contributed by atoms with Crippen molar-refractivity contribution in [2.24, 2.45) is 4.40 Å². The fourth-order valence-electron chi connectivity index (χ4n) is 4.18. The van der Waals surface area contributed by atoms with Gasteiger partial charge in [0.05, 0.1) is 17.2 Å². The molecular formula is C22H23N5O3S. The Balaban J connectivity index is 1.37. The molecule has 0 spiro atoms. The quantitative estimate of drug-likeness (QED) is 0.611. The van der Waals surface area contributed by atoms with Crippen molar-refractivity contribution in [1.82, 2.24) is 14.5 Å². The molecule has 8 nitrogen and oxygen atoms in total. The summed E-state index contributed by atoms with van der Waals surface area (Å²) in [6, 6.07) is 12.8. The average molecular weight is 438 g/mol. The topological polar surface area (TPSA) is 87.9 Å². The van der Waals surface area contributed by atoms with Gasteiger partial charge in [0.1, 0.15) is 4.90 Å². The van der Waals surface area contributed by atoms with Gasteiger partial charge in [0.25, 0.3) is 15.6 Å². The summed E-state index contributed by atoms with van der Waals surface area (Å²) in [5.74, 6) is 0.532. The highest BCUT2D eigenvalue weighted by Crippen LogP contribution is 2.28. The summed E-state index contributed by atoms with van der Waals surface area (Å²) in [5.41, 5.74) is 2.33. The lowest BCUT2D eigenvalue weighted by molar-refractivity contribution is 0.387. The fourth-order valence-corrected chi connectivity index (χ4v) is 5.41. The van der Waals surface area contributed by atoms with Gasteiger partial charge in [-0.3, -0.25) is 9.36 Å². The lowest BCUT2D eigenvalue weighted by Crippen LogP contribution is -2.48. The van der Waals surface area contributed by atoms with E-state index in [1.54, 1.807) is 23.0 Å². The zero-order valence-corrected chi connectivity index (χ0v) is 18.2. The normalized spacial score (nSPS) is 17.8. The zero-order valence-electron chi connectivity index (χ0n) is 17.4. The van der Waals surface area contributed by atoms with Gasteiger partial charge >= 0.3 is 0 Å². The zero-order chi connectivity index (χ0) is 21.8. The summed E-state index contributed by atoms with van der Waals surface area (Å²) in [5, 5.41) is 0.612. The Kier molecular flexibility index (Phi) is 4.58. The van der Waals surface area contributed by atoms with Crippen LogP contribution in [0.1, 0.15) is 25.5 Å². The highest BCUT2D eigenvalue weighted by atomic mass is 32.2. The van der Waals surface area contributed by atoms with E-state index in [0.717, 1.165) is 18.8 Å². The van der Waals surface area contributed by atoms with E-state index in [1.807, 2.05) is 49.1 Å². The molecule has 3 heterocycles. The average Bonchev–Trinajstić information content (AvgIpc) is 3.05. The number of nitrogens with zero attached hydrogens (tertiary/aromatic N) is 5. The molecule has 3 aromatic rings. The minimum absolute atomic E-state index is 0.0320. The molecule has 9 heteroatoms. The maximum Gasteiger partial charge on any atom is 0.285 e. The summed E-state index contributed by atoms with van der Waals surface area (Å²) >= 11 is 0. The van der Waals surface area contributed by atoms with Crippen LogP contribution in [0.25, 0.3) is 10.9 Å². The number of piperazine rings is 1. The first-order valence-electron chi connectivity index (χ1n) is 10.3. The predicted octanol–water partition coefficient (Wildman–Crippen LogP) is 2.25. The molecule has 0 atom stereocenters. The van der Waals surface area contributed by atoms with Crippen molar-refractivity contribution >= 4 is 32.4 Å². The second kappa shape index (κ2) is 7.19. The van der Waals surface area contributed by atoms with E-state index in [4.69, 9.17) is 0 Å². The molecule has 1 saturated heterocycles. The summed E-state index contributed by atoms with van der Waals surface area (Å²) in [7, 11) is -3.62. The smallest absolute Gasteiger partial charge is 0.285 e. The molecule has 2 aliphatic rings. The van der Waals surface area contributed by atoms with E-state index in [9.17, 15) is 13.2 Å². The molecule has 1 fully saturated rings. The number of fused-ring (bicyclic) bond motifs is 2. The van der Waals surface area contributed by atoms with Crippen LogP contribution in [0, 0.1) is 0 Å². The number of amidine groups is 1. The number of aromatic nitrogens is 2. The molecule has 0 bridgehead atoms. The van der Waals surface area contributed by atoms with Gasteiger partial charge in [0, 0.05) is 43.5 Å². The number of anilines is 1. The fraction of sp³-hybridized carbons (Fsp3) is 0.318. The van der Waals surface area contributed by atoms with Gasteiger partial charge < -0.3 is 9.80 Å². The Bertz CT molecular complexity index is 1370. The van der Waals surface area contributed by atoms with Crippen LogP contribution in [0.4, 0.5) is 5.69 Å². The van der Waals surface area contributed by atoms with E-state index in [-0.39, 0.29) is 16.5 Å². The van der Waals surface area contributed by atoms with Crippen molar-refractivity contribution < 1.29 is 8.42 Å². The Hall–Kier alpha value is -3.20. The van der Waals surface area contributed by atoms with Crippen molar-refractivity contribution in [2.75, 3.05) is 31.1 Å². The van der Waals surface area contributed by atoms with E-state index >= 15 is 0 Å².